The number of halogens is 1. The van der Waals surface area contributed by atoms with Crippen LogP contribution in [0.4, 0.5) is 5.69 Å². The van der Waals surface area contributed by atoms with Crippen molar-refractivity contribution in [3.8, 4) is 0 Å². The summed E-state index contributed by atoms with van der Waals surface area (Å²) < 4.78 is 6.76. The Bertz CT molecular complexity index is 1230. The van der Waals surface area contributed by atoms with Crippen molar-refractivity contribution in [2.24, 2.45) is 13.0 Å². The van der Waals surface area contributed by atoms with Crippen LogP contribution < -0.4 is 10.6 Å². The second-order valence-corrected chi connectivity index (χ2v) is 9.56. The van der Waals surface area contributed by atoms with Crippen molar-refractivity contribution < 1.29 is 19.1 Å². The molecule has 0 spiro atoms. The highest BCUT2D eigenvalue weighted by Gasteiger charge is 2.25. The van der Waals surface area contributed by atoms with Gasteiger partial charge in [-0.05, 0) is 43.2 Å². The number of benzene rings is 2. The molecule has 2 N–H and O–H groups in total. The lowest BCUT2D eigenvalue weighted by Gasteiger charge is -2.21. The molecular weight excluding hydrogens is 502 g/mol. The van der Waals surface area contributed by atoms with Crippen molar-refractivity contribution in [2.45, 2.75) is 32.0 Å². The van der Waals surface area contributed by atoms with E-state index in [0.29, 0.717) is 32.8 Å². The molecule has 36 heavy (non-hydrogen) atoms. The van der Waals surface area contributed by atoms with Gasteiger partial charge in [-0.3, -0.25) is 9.59 Å². The summed E-state index contributed by atoms with van der Waals surface area (Å²) in [5, 5.41) is 15.1. The zero-order valence-corrected chi connectivity index (χ0v) is 22.0. The van der Waals surface area contributed by atoms with Gasteiger partial charge in [-0.1, -0.05) is 55.4 Å². The number of hydrogen-bond donors (Lipinski definition) is 2. The number of nitrogens with zero attached hydrogens (tertiary/aromatic N) is 3. The first-order chi connectivity index (χ1) is 17.2. The fourth-order valence-corrected chi connectivity index (χ4v) is 4.23. The predicted octanol–water partition coefficient (Wildman–Crippen LogP) is 4.50. The van der Waals surface area contributed by atoms with Crippen molar-refractivity contribution in [3.05, 3.63) is 70.5 Å². The number of amides is 2. The zero-order valence-electron chi connectivity index (χ0n) is 20.4. The van der Waals surface area contributed by atoms with Gasteiger partial charge in [-0.2, -0.15) is 0 Å². The van der Waals surface area contributed by atoms with Crippen molar-refractivity contribution in [1.29, 1.82) is 0 Å². The molecule has 0 aliphatic heterocycles. The van der Waals surface area contributed by atoms with Crippen LogP contribution in [0.3, 0.4) is 0 Å². The van der Waals surface area contributed by atoms with Crippen LogP contribution >= 0.6 is 23.4 Å². The van der Waals surface area contributed by atoms with E-state index in [0.717, 1.165) is 0 Å². The summed E-state index contributed by atoms with van der Waals surface area (Å²) >= 11 is 7.38. The van der Waals surface area contributed by atoms with Gasteiger partial charge in [-0.25, -0.2) is 4.79 Å². The Labute approximate surface area is 219 Å². The molecule has 1 heterocycles. The summed E-state index contributed by atoms with van der Waals surface area (Å²) in [7, 11) is 1.79. The van der Waals surface area contributed by atoms with Crippen LogP contribution in [0.5, 0.6) is 0 Å². The van der Waals surface area contributed by atoms with E-state index < -0.39 is 5.97 Å². The van der Waals surface area contributed by atoms with Gasteiger partial charge in [0.05, 0.1) is 34.7 Å². The standard InChI is InChI=1S/C25H28ClN5O4S/c1-5-35-24(34)17-11-12-18(26)19(13-17)27-20(32)14-36-25-30-29-22(31(25)4)21(15(2)3)28-23(33)16-9-7-6-8-10-16/h6-13,15,21H,5,14H2,1-4H3,(H,27,32)(H,28,33). The number of carbonyl (C=O) groups excluding carboxylic acids is 3. The zero-order chi connectivity index (χ0) is 26.2. The fourth-order valence-electron chi connectivity index (χ4n) is 3.34. The number of hydrogen-bond acceptors (Lipinski definition) is 7. The van der Waals surface area contributed by atoms with Crippen molar-refractivity contribution in [3.63, 3.8) is 0 Å². The molecule has 0 radical (unpaired) electrons. The molecule has 9 nitrogen and oxygen atoms in total. The first-order valence-electron chi connectivity index (χ1n) is 11.4. The van der Waals surface area contributed by atoms with Gasteiger partial charge in [0, 0.05) is 12.6 Å². The van der Waals surface area contributed by atoms with Crippen LogP contribution in [0, 0.1) is 5.92 Å². The molecule has 11 heteroatoms. The maximum atomic E-state index is 12.7. The Morgan fingerprint density at radius 1 is 1.08 bits per heavy atom. The SMILES string of the molecule is CCOC(=O)c1ccc(Cl)c(NC(=O)CSc2nnc(C(NC(=O)c3ccccc3)C(C)C)n2C)c1. The minimum Gasteiger partial charge on any atom is -0.462 e. The van der Waals surface area contributed by atoms with E-state index in [1.165, 1.54) is 30.0 Å². The highest BCUT2D eigenvalue weighted by atomic mass is 35.5. The third-order valence-electron chi connectivity index (χ3n) is 5.22. The molecule has 190 valence electrons. The number of anilines is 1. The Kier molecular flexibility index (Phi) is 9.49. The second kappa shape index (κ2) is 12.5. The Balaban J connectivity index is 1.66. The van der Waals surface area contributed by atoms with Gasteiger partial charge in [0.15, 0.2) is 11.0 Å². The molecule has 1 aromatic heterocycles. The second-order valence-electron chi connectivity index (χ2n) is 8.21. The summed E-state index contributed by atoms with van der Waals surface area (Å²) in [4.78, 5) is 37.3. The highest BCUT2D eigenvalue weighted by Crippen LogP contribution is 2.26. The first kappa shape index (κ1) is 27.2. The van der Waals surface area contributed by atoms with Crippen LogP contribution in [0.25, 0.3) is 0 Å². The smallest absolute Gasteiger partial charge is 0.338 e. The number of ether oxygens (including phenoxy) is 1. The van der Waals surface area contributed by atoms with Crippen molar-refractivity contribution in [1.82, 2.24) is 20.1 Å². The molecule has 0 saturated heterocycles. The molecule has 0 bridgehead atoms. The lowest BCUT2D eigenvalue weighted by atomic mass is 10.0. The molecule has 0 fully saturated rings. The number of aromatic nitrogens is 3. The van der Waals surface area contributed by atoms with Gasteiger partial charge < -0.3 is 19.9 Å². The average molecular weight is 530 g/mol. The van der Waals surface area contributed by atoms with Crippen LogP contribution in [0.2, 0.25) is 5.02 Å². The van der Waals surface area contributed by atoms with E-state index in [9.17, 15) is 14.4 Å². The summed E-state index contributed by atoms with van der Waals surface area (Å²) in [6.07, 6.45) is 0. The summed E-state index contributed by atoms with van der Waals surface area (Å²) in [6, 6.07) is 13.1. The Morgan fingerprint density at radius 2 is 1.81 bits per heavy atom. The molecular formula is C25H28ClN5O4S. The summed E-state index contributed by atoms with van der Waals surface area (Å²) in [6.45, 7) is 5.93. The lowest BCUT2D eigenvalue weighted by molar-refractivity contribution is -0.113. The van der Waals surface area contributed by atoms with Crippen LogP contribution in [-0.2, 0) is 16.6 Å². The molecule has 0 aliphatic rings. The average Bonchev–Trinajstić information content (AvgIpc) is 3.22. The molecule has 2 amide bonds. The number of thioether (sulfide) groups is 1. The maximum Gasteiger partial charge on any atom is 0.338 e. The summed E-state index contributed by atoms with van der Waals surface area (Å²) in [5.41, 5.74) is 1.16. The number of esters is 1. The van der Waals surface area contributed by atoms with Crippen molar-refractivity contribution in [2.75, 3.05) is 17.7 Å². The van der Waals surface area contributed by atoms with E-state index in [-0.39, 0.29) is 36.1 Å². The molecule has 2 aromatic carbocycles. The Morgan fingerprint density at radius 3 is 2.47 bits per heavy atom. The van der Waals surface area contributed by atoms with Gasteiger partial charge >= 0.3 is 5.97 Å². The molecule has 3 rings (SSSR count). The number of nitrogens with one attached hydrogen (secondary N) is 2. The van der Waals surface area contributed by atoms with Gasteiger partial charge in [0.2, 0.25) is 5.91 Å². The largest absolute Gasteiger partial charge is 0.462 e. The minimum atomic E-state index is -0.496. The third kappa shape index (κ3) is 6.86. The van der Waals surface area contributed by atoms with E-state index in [2.05, 4.69) is 20.8 Å². The fraction of sp³-hybridized carbons (Fsp3) is 0.320. The van der Waals surface area contributed by atoms with Gasteiger partial charge in [0.25, 0.3) is 5.91 Å². The molecule has 0 aliphatic carbocycles. The van der Waals surface area contributed by atoms with E-state index >= 15 is 0 Å². The first-order valence-corrected chi connectivity index (χ1v) is 12.7. The van der Waals surface area contributed by atoms with E-state index in [1.54, 1.807) is 30.7 Å². The van der Waals surface area contributed by atoms with Gasteiger partial charge in [0.1, 0.15) is 0 Å². The highest BCUT2D eigenvalue weighted by molar-refractivity contribution is 7.99. The van der Waals surface area contributed by atoms with E-state index in [4.69, 9.17) is 16.3 Å². The molecule has 3 aromatic rings. The van der Waals surface area contributed by atoms with E-state index in [1.807, 2.05) is 32.0 Å². The Hall–Kier alpha value is -3.37. The lowest BCUT2D eigenvalue weighted by Crippen LogP contribution is -2.33. The topological polar surface area (TPSA) is 115 Å². The van der Waals surface area contributed by atoms with Crippen molar-refractivity contribution >= 4 is 46.8 Å². The molecule has 1 unspecified atom stereocenters. The summed E-state index contributed by atoms with van der Waals surface area (Å²) in [5.74, 6) is -0.352. The molecule has 0 saturated carbocycles. The number of carbonyl (C=O) groups is 3. The predicted molar refractivity (Wildman–Crippen MR) is 139 cm³/mol. The van der Waals surface area contributed by atoms with Gasteiger partial charge in [-0.15, -0.1) is 10.2 Å². The van der Waals surface area contributed by atoms with Crippen LogP contribution in [0.1, 0.15) is 53.4 Å². The minimum absolute atomic E-state index is 0.0364. The maximum absolute atomic E-state index is 12.7. The van der Waals surface area contributed by atoms with Crippen LogP contribution in [0.15, 0.2) is 53.7 Å². The number of rotatable bonds is 10. The monoisotopic (exact) mass is 529 g/mol. The third-order valence-corrected chi connectivity index (χ3v) is 6.57. The van der Waals surface area contributed by atoms with Crippen LogP contribution in [-0.4, -0.2) is 44.9 Å². The normalized spacial score (nSPS) is 11.7. The quantitative estimate of drug-likeness (QED) is 0.293. The molecule has 1 atom stereocenters.